The van der Waals surface area contributed by atoms with Crippen molar-refractivity contribution in [3.63, 3.8) is 0 Å². The highest BCUT2D eigenvalue weighted by Gasteiger charge is 2.15. The number of anilines is 1. The molecule has 0 spiro atoms. The van der Waals surface area contributed by atoms with Crippen molar-refractivity contribution in [3.05, 3.63) is 70.3 Å². The van der Waals surface area contributed by atoms with Crippen LogP contribution in [0.4, 0.5) is 5.69 Å². The summed E-state index contributed by atoms with van der Waals surface area (Å²) in [6.45, 7) is 1.87. The first-order chi connectivity index (χ1) is 11.1. The summed E-state index contributed by atoms with van der Waals surface area (Å²) in [5, 5.41) is 9.74. The highest BCUT2D eigenvalue weighted by molar-refractivity contribution is 6.32. The highest BCUT2D eigenvalue weighted by Crippen LogP contribution is 2.26. The topological polar surface area (TPSA) is 40.5 Å². The molecule has 3 rings (SSSR count). The van der Waals surface area contributed by atoms with Crippen molar-refractivity contribution in [2.75, 3.05) is 18.0 Å². The summed E-state index contributed by atoms with van der Waals surface area (Å²) >= 11 is 6.21. The van der Waals surface area contributed by atoms with Crippen molar-refractivity contribution < 1.29 is 9.90 Å². The largest absolute Gasteiger partial charge is 0.478 e. The molecule has 2 aromatic rings. The molecule has 23 heavy (non-hydrogen) atoms. The molecule has 0 atom stereocenters. The minimum Gasteiger partial charge on any atom is -0.478 e. The number of carbonyl (C=O) groups is 1. The second-order valence-electron chi connectivity index (χ2n) is 5.66. The predicted molar refractivity (Wildman–Crippen MR) is 94.3 cm³/mol. The first kappa shape index (κ1) is 15.6. The van der Waals surface area contributed by atoms with Gasteiger partial charge in [0.2, 0.25) is 0 Å². The minimum atomic E-state index is -0.889. The zero-order valence-corrected chi connectivity index (χ0v) is 13.5. The molecule has 1 saturated heterocycles. The number of carboxylic acid groups (broad SMARTS) is 1. The molecule has 1 fully saturated rings. The zero-order valence-electron chi connectivity index (χ0n) is 12.7. The van der Waals surface area contributed by atoms with Gasteiger partial charge in [0.05, 0.1) is 5.56 Å². The van der Waals surface area contributed by atoms with E-state index in [-0.39, 0.29) is 0 Å². The van der Waals surface area contributed by atoms with Gasteiger partial charge in [0.15, 0.2) is 0 Å². The number of carboxylic acids is 1. The van der Waals surface area contributed by atoms with Crippen molar-refractivity contribution in [1.29, 1.82) is 0 Å². The lowest BCUT2D eigenvalue weighted by molar-refractivity contribution is 0.0697. The van der Waals surface area contributed by atoms with Gasteiger partial charge in [-0.15, -0.1) is 0 Å². The van der Waals surface area contributed by atoms with E-state index in [0.29, 0.717) is 5.56 Å². The maximum atomic E-state index is 10.9. The molecular weight excluding hydrogens is 310 g/mol. The monoisotopic (exact) mass is 327 g/mol. The number of hydrogen-bond acceptors (Lipinski definition) is 2. The second kappa shape index (κ2) is 6.88. The molecule has 4 heteroatoms. The van der Waals surface area contributed by atoms with Crippen molar-refractivity contribution in [2.45, 2.75) is 12.8 Å². The summed E-state index contributed by atoms with van der Waals surface area (Å²) in [6.07, 6.45) is 4.17. The summed E-state index contributed by atoms with van der Waals surface area (Å²) in [5.41, 5.74) is 3.87. The Balaban J connectivity index is 1.66. The molecule has 1 aliphatic heterocycles. The molecule has 1 aliphatic rings. The normalized spacial score (nSPS) is 14.7. The van der Waals surface area contributed by atoms with Crippen LogP contribution in [0.3, 0.4) is 0 Å². The van der Waals surface area contributed by atoms with Gasteiger partial charge in [0, 0.05) is 23.8 Å². The molecule has 0 bridgehead atoms. The van der Waals surface area contributed by atoms with Gasteiger partial charge in [-0.25, -0.2) is 4.79 Å². The molecule has 0 aliphatic carbocycles. The summed E-state index contributed by atoms with van der Waals surface area (Å²) in [7, 11) is 0. The van der Waals surface area contributed by atoms with Crippen molar-refractivity contribution in [3.8, 4) is 0 Å². The molecule has 0 amide bonds. The Morgan fingerprint density at radius 2 is 1.70 bits per heavy atom. The van der Waals surface area contributed by atoms with Gasteiger partial charge in [0.25, 0.3) is 0 Å². The first-order valence-electron chi connectivity index (χ1n) is 7.66. The number of piperidine rings is 1. The van der Waals surface area contributed by atoms with Crippen molar-refractivity contribution in [1.82, 2.24) is 0 Å². The number of hydrogen-bond donors (Lipinski definition) is 1. The van der Waals surface area contributed by atoms with Crippen LogP contribution in [0.25, 0.3) is 6.08 Å². The molecule has 0 unspecified atom stereocenters. The number of aromatic carboxylic acids is 1. The maximum absolute atomic E-state index is 10.9. The second-order valence-corrected chi connectivity index (χ2v) is 6.07. The third kappa shape index (κ3) is 3.74. The van der Waals surface area contributed by atoms with E-state index in [1.54, 1.807) is 12.1 Å². The average molecular weight is 328 g/mol. The third-order valence-corrected chi connectivity index (χ3v) is 4.49. The quantitative estimate of drug-likeness (QED) is 0.886. The van der Waals surface area contributed by atoms with Crippen LogP contribution in [-0.4, -0.2) is 24.2 Å². The van der Waals surface area contributed by atoms with Crippen molar-refractivity contribution >= 4 is 29.3 Å². The van der Waals surface area contributed by atoms with Gasteiger partial charge in [-0.3, -0.25) is 0 Å². The van der Waals surface area contributed by atoms with E-state index in [9.17, 15) is 4.79 Å². The molecule has 0 radical (unpaired) electrons. The van der Waals surface area contributed by atoms with Gasteiger partial charge in [0.1, 0.15) is 0 Å². The van der Waals surface area contributed by atoms with Crippen LogP contribution in [0.2, 0.25) is 5.02 Å². The van der Waals surface area contributed by atoms with Crippen LogP contribution in [0.5, 0.6) is 0 Å². The number of nitrogens with zero attached hydrogens (tertiary/aromatic N) is 1. The molecule has 2 aromatic carbocycles. The fourth-order valence-electron chi connectivity index (χ4n) is 2.82. The first-order valence-corrected chi connectivity index (χ1v) is 8.03. The lowest BCUT2D eigenvalue weighted by Crippen LogP contribution is -2.30. The van der Waals surface area contributed by atoms with Gasteiger partial charge in [-0.05, 0) is 48.7 Å². The Hall–Kier alpha value is -2.26. The third-order valence-electron chi connectivity index (χ3n) is 4.15. The summed E-state index contributed by atoms with van der Waals surface area (Å²) in [5.74, 6) is -0.889. The Kier molecular flexibility index (Phi) is 4.68. The van der Waals surface area contributed by atoms with Crippen LogP contribution in [-0.2, 0) is 0 Å². The number of rotatable bonds is 3. The Labute approximate surface area is 140 Å². The minimum absolute atomic E-state index is 0.324. The fourth-order valence-corrected chi connectivity index (χ4v) is 3.01. The Bertz CT molecular complexity index is 727. The molecule has 0 saturated carbocycles. The van der Waals surface area contributed by atoms with Crippen LogP contribution in [0.1, 0.15) is 28.8 Å². The van der Waals surface area contributed by atoms with Crippen LogP contribution >= 0.6 is 11.6 Å². The van der Waals surface area contributed by atoms with Gasteiger partial charge in [-0.1, -0.05) is 41.4 Å². The van der Waals surface area contributed by atoms with E-state index in [1.165, 1.54) is 5.57 Å². The summed E-state index contributed by atoms with van der Waals surface area (Å²) < 4.78 is 0. The molecule has 1 heterocycles. The summed E-state index contributed by atoms with van der Waals surface area (Å²) in [6, 6.07) is 15.0. The molecule has 118 valence electrons. The van der Waals surface area contributed by atoms with E-state index in [0.717, 1.165) is 42.2 Å². The number of benzene rings is 2. The SMILES string of the molecule is O=C(O)c1ccc(N2CCC(=Cc3ccccc3Cl)CC2)cc1. The maximum Gasteiger partial charge on any atom is 0.335 e. The molecule has 3 nitrogen and oxygen atoms in total. The van der Waals surface area contributed by atoms with Gasteiger partial charge in [-0.2, -0.15) is 0 Å². The van der Waals surface area contributed by atoms with E-state index in [1.807, 2.05) is 36.4 Å². The lowest BCUT2D eigenvalue weighted by Gasteiger charge is -2.30. The van der Waals surface area contributed by atoms with E-state index in [2.05, 4.69) is 11.0 Å². The zero-order chi connectivity index (χ0) is 16.2. The smallest absolute Gasteiger partial charge is 0.335 e. The van der Waals surface area contributed by atoms with Gasteiger partial charge >= 0.3 is 5.97 Å². The highest BCUT2D eigenvalue weighted by atomic mass is 35.5. The standard InChI is InChI=1S/C19H18ClNO2/c20-18-4-2-1-3-16(18)13-14-9-11-21(12-10-14)17-7-5-15(6-8-17)19(22)23/h1-8,13H,9-12H2,(H,22,23). The van der Waals surface area contributed by atoms with Crippen molar-refractivity contribution in [2.24, 2.45) is 0 Å². The fraction of sp³-hybridized carbons (Fsp3) is 0.211. The average Bonchev–Trinajstić information content (AvgIpc) is 2.58. The van der Waals surface area contributed by atoms with Gasteiger partial charge < -0.3 is 10.0 Å². The Morgan fingerprint density at radius 3 is 2.30 bits per heavy atom. The van der Waals surface area contributed by atoms with E-state index in [4.69, 9.17) is 16.7 Å². The summed E-state index contributed by atoms with van der Waals surface area (Å²) in [4.78, 5) is 13.2. The Morgan fingerprint density at radius 1 is 1.04 bits per heavy atom. The van der Waals surface area contributed by atoms with E-state index < -0.39 is 5.97 Å². The molecule has 0 aromatic heterocycles. The lowest BCUT2D eigenvalue weighted by atomic mass is 10.00. The van der Waals surface area contributed by atoms with Crippen LogP contribution < -0.4 is 4.90 Å². The molecule has 1 N–H and O–H groups in total. The van der Waals surface area contributed by atoms with E-state index >= 15 is 0 Å². The predicted octanol–water partition coefficient (Wildman–Crippen LogP) is 4.72. The number of halogens is 1. The van der Waals surface area contributed by atoms with Crippen LogP contribution in [0, 0.1) is 0 Å². The molecular formula is C19H18ClNO2. The van der Waals surface area contributed by atoms with Crippen LogP contribution in [0.15, 0.2) is 54.1 Å².